The average molecular weight is 509 g/mol. The third-order valence-electron chi connectivity index (χ3n) is 4.40. The van der Waals surface area contributed by atoms with Crippen molar-refractivity contribution in [3.63, 3.8) is 0 Å². The highest BCUT2D eigenvalue weighted by Gasteiger charge is 2.31. The van der Waals surface area contributed by atoms with E-state index in [9.17, 15) is 9.90 Å². The van der Waals surface area contributed by atoms with Crippen LogP contribution in [0.3, 0.4) is 0 Å². The van der Waals surface area contributed by atoms with E-state index in [-0.39, 0.29) is 0 Å². The molecule has 0 saturated carbocycles. The quantitative estimate of drug-likeness (QED) is 0.498. The Morgan fingerprint density at radius 2 is 1.93 bits per heavy atom. The first-order valence-corrected chi connectivity index (χ1v) is 10.2. The summed E-state index contributed by atoms with van der Waals surface area (Å²) in [6.45, 7) is 7.87. The van der Waals surface area contributed by atoms with Gasteiger partial charge in [-0.3, -0.25) is 0 Å². The molecule has 0 aliphatic carbocycles. The topological polar surface area (TPSA) is 86.5 Å². The smallest absolute Gasteiger partial charge is 0.337 e. The largest absolute Gasteiger partial charge is 0.497 e. The molecule has 0 bridgehead atoms. The third kappa shape index (κ3) is 4.69. The number of carbonyl (C=O) groups is 1. The summed E-state index contributed by atoms with van der Waals surface area (Å²) in [6, 6.07) is 7.78. The maximum atomic E-state index is 11.9. The van der Waals surface area contributed by atoms with E-state index in [2.05, 4.69) is 32.7 Å². The summed E-state index contributed by atoms with van der Waals surface area (Å²) in [5, 5.41) is 15.1. The van der Waals surface area contributed by atoms with Crippen LogP contribution < -0.4 is 4.74 Å². The highest BCUT2D eigenvalue weighted by Crippen LogP contribution is 2.34. The van der Waals surface area contributed by atoms with Crippen LogP contribution in [0.2, 0.25) is 0 Å². The van der Waals surface area contributed by atoms with Gasteiger partial charge in [-0.15, -0.1) is 0 Å². The van der Waals surface area contributed by atoms with E-state index in [4.69, 9.17) is 9.47 Å². The van der Waals surface area contributed by atoms with E-state index in [1.165, 1.54) is 0 Å². The highest BCUT2D eigenvalue weighted by atomic mass is 127. The van der Waals surface area contributed by atoms with Crippen LogP contribution in [-0.4, -0.2) is 38.6 Å². The van der Waals surface area contributed by atoms with Gasteiger partial charge in [0, 0.05) is 14.8 Å². The number of carboxylic acids is 1. The second kappa shape index (κ2) is 8.27. The van der Waals surface area contributed by atoms with Crippen LogP contribution in [0, 0.1) is 10.5 Å². The van der Waals surface area contributed by atoms with Crippen molar-refractivity contribution in [2.75, 3.05) is 7.11 Å². The van der Waals surface area contributed by atoms with E-state index in [1.807, 2.05) is 56.6 Å². The molecule has 1 N–H and O–H groups in total. The number of aryl methyl sites for hydroxylation is 1. The van der Waals surface area contributed by atoms with Crippen molar-refractivity contribution in [2.24, 2.45) is 0 Å². The summed E-state index contributed by atoms with van der Waals surface area (Å²) in [5.74, 6) is -0.237. The number of ether oxygens (including phenoxy) is 2. The molecule has 1 atom stereocenters. The molecule has 0 aliphatic heterocycles. The van der Waals surface area contributed by atoms with Crippen LogP contribution in [0.5, 0.6) is 5.75 Å². The molecule has 7 nitrogen and oxygen atoms in total. The fourth-order valence-electron chi connectivity index (χ4n) is 3.09. The number of aromatic nitrogens is 3. The number of hydrogen-bond acceptors (Lipinski definition) is 5. The van der Waals surface area contributed by atoms with Crippen LogP contribution in [-0.2, 0) is 16.1 Å². The van der Waals surface area contributed by atoms with Gasteiger partial charge in [-0.2, -0.15) is 5.10 Å². The first-order chi connectivity index (χ1) is 13.6. The number of rotatable bonds is 6. The number of aliphatic carboxylic acids is 1. The van der Waals surface area contributed by atoms with Gasteiger partial charge in [0.1, 0.15) is 5.75 Å². The molecule has 2 aromatic heterocycles. The van der Waals surface area contributed by atoms with E-state index in [1.54, 1.807) is 13.3 Å². The van der Waals surface area contributed by atoms with Crippen LogP contribution >= 0.6 is 22.6 Å². The molecule has 8 heteroatoms. The fourth-order valence-corrected chi connectivity index (χ4v) is 4.14. The molecule has 3 rings (SSSR count). The van der Waals surface area contributed by atoms with Crippen molar-refractivity contribution in [1.29, 1.82) is 0 Å². The van der Waals surface area contributed by atoms with Crippen LogP contribution in [0.15, 0.2) is 30.5 Å². The molecule has 154 valence electrons. The van der Waals surface area contributed by atoms with Gasteiger partial charge >= 0.3 is 5.97 Å². The average Bonchev–Trinajstić information content (AvgIpc) is 3.03. The molecule has 1 unspecified atom stereocenters. The highest BCUT2D eigenvalue weighted by molar-refractivity contribution is 14.1. The lowest BCUT2D eigenvalue weighted by atomic mass is 10.0. The molecule has 3 aromatic rings. The molecule has 0 fully saturated rings. The third-order valence-corrected chi connectivity index (χ3v) is 5.56. The van der Waals surface area contributed by atoms with Crippen molar-refractivity contribution in [3.05, 3.63) is 50.9 Å². The van der Waals surface area contributed by atoms with Gasteiger partial charge in [0.15, 0.2) is 11.8 Å². The van der Waals surface area contributed by atoms with Crippen LogP contribution in [0.25, 0.3) is 11.0 Å². The Bertz CT molecular complexity index is 1040. The van der Waals surface area contributed by atoms with Gasteiger partial charge in [0.25, 0.3) is 0 Å². The minimum Gasteiger partial charge on any atom is -0.497 e. The van der Waals surface area contributed by atoms with E-state index >= 15 is 0 Å². The molecule has 0 aliphatic rings. The number of halogens is 1. The Morgan fingerprint density at radius 1 is 1.28 bits per heavy atom. The fraction of sp³-hybridized carbons (Fsp3) is 0.381. The zero-order valence-corrected chi connectivity index (χ0v) is 19.2. The lowest BCUT2D eigenvalue weighted by Crippen LogP contribution is -2.28. The molecule has 0 spiro atoms. The van der Waals surface area contributed by atoms with Crippen molar-refractivity contribution in [3.8, 4) is 5.75 Å². The maximum Gasteiger partial charge on any atom is 0.337 e. The Balaban J connectivity index is 2.03. The van der Waals surface area contributed by atoms with E-state index in [0.717, 1.165) is 20.3 Å². The van der Waals surface area contributed by atoms with Crippen molar-refractivity contribution < 1.29 is 19.4 Å². The molecular weight excluding hydrogens is 485 g/mol. The van der Waals surface area contributed by atoms with Crippen molar-refractivity contribution in [2.45, 2.75) is 45.9 Å². The predicted molar refractivity (Wildman–Crippen MR) is 118 cm³/mol. The molecule has 0 saturated heterocycles. The molecular formula is C21H24IN3O4. The summed E-state index contributed by atoms with van der Waals surface area (Å²) >= 11 is 2.16. The minimum absolute atomic E-state index is 0.552. The van der Waals surface area contributed by atoms with Crippen molar-refractivity contribution in [1.82, 2.24) is 14.8 Å². The SMILES string of the molecule is COc1ccc(Cn2ncc3c(I)c(C(OC(C)(C)C)C(=O)O)c(C)nc32)cc1. The van der Waals surface area contributed by atoms with Gasteiger partial charge in [-0.05, 0) is 68.0 Å². The summed E-state index contributed by atoms with van der Waals surface area (Å²) in [5.41, 5.74) is 2.37. The normalized spacial score (nSPS) is 12.9. The lowest BCUT2D eigenvalue weighted by Gasteiger charge is -2.26. The van der Waals surface area contributed by atoms with Crippen LogP contribution in [0.1, 0.15) is 43.7 Å². The number of pyridine rings is 1. The van der Waals surface area contributed by atoms with Gasteiger partial charge in [-0.1, -0.05) is 12.1 Å². The lowest BCUT2D eigenvalue weighted by molar-refractivity contribution is -0.160. The molecule has 2 heterocycles. The monoisotopic (exact) mass is 509 g/mol. The Morgan fingerprint density at radius 3 is 2.48 bits per heavy atom. The molecule has 1 aromatic carbocycles. The molecule has 0 amide bonds. The second-order valence-corrected chi connectivity index (χ2v) is 8.84. The van der Waals surface area contributed by atoms with Gasteiger partial charge in [0.05, 0.1) is 30.8 Å². The standard InChI is InChI=1S/C21H24IN3O4/c1-12-16(18(20(26)27)29-21(2,3)4)17(22)15-10-23-25(19(15)24-12)11-13-6-8-14(28-5)9-7-13/h6-10,18H,11H2,1-5H3,(H,26,27). The molecule has 0 radical (unpaired) electrons. The number of methoxy groups -OCH3 is 1. The van der Waals surface area contributed by atoms with Gasteiger partial charge in [0.2, 0.25) is 0 Å². The summed E-state index contributed by atoms with van der Waals surface area (Å²) in [7, 11) is 1.63. The Kier molecular flexibility index (Phi) is 6.13. The maximum absolute atomic E-state index is 11.9. The number of nitrogens with zero attached hydrogens (tertiary/aromatic N) is 3. The predicted octanol–water partition coefficient (Wildman–Crippen LogP) is 4.34. The van der Waals surface area contributed by atoms with Gasteiger partial charge in [-0.25, -0.2) is 14.5 Å². The van der Waals surface area contributed by atoms with Crippen molar-refractivity contribution >= 4 is 39.6 Å². The number of benzene rings is 1. The first kappa shape index (κ1) is 21.5. The summed E-state index contributed by atoms with van der Waals surface area (Å²) in [4.78, 5) is 16.6. The molecule has 29 heavy (non-hydrogen) atoms. The Hall–Kier alpha value is -2.20. The van der Waals surface area contributed by atoms with E-state index in [0.29, 0.717) is 23.4 Å². The zero-order chi connectivity index (χ0) is 21.3. The number of fused-ring (bicyclic) bond motifs is 1. The summed E-state index contributed by atoms with van der Waals surface area (Å²) < 4.78 is 13.6. The Labute approximate surface area is 183 Å². The second-order valence-electron chi connectivity index (χ2n) is 7.76. The number of hydrogen-bond donors (Lipinski definition) is 1. The summed E-state index contributed by atoms with van der Waals surface area (Å²) in [6.07, 6.45) is 0.635. The van der Waals surface area contributed by atoms with Gasteiger partial charge < -0.3 is 14.6 Å². The van der Waals surface area contributed by atoms with Crippen LogP contribution in [0.4, 0.5) is 0 Å². The minimum atomic E-state index is -1.09. The first-order valence-electron chi connectivity index (χ1n) is 9.16. The number of carboxylic acid groups (broad SMARTS) is 1. The van der Waals surface area contributed by atoms with E-state index < -0.39 is 17.7 Å². The zero-order valence-electron chi connectivity index (χ0n) is 17.1.